The lowest BCUT2D eigenvalue weighted by molar-refractivity contribution is 0.0590. The van der Waals surface area contributed by atoms with Crippen molar-refractivity contribution in [2.75, 3.05) is 35.0 Å². The molecule has 2 aromatic carbocycles. The molecular formula is C21H25ClN2O5. The molecular weight excluding hydrogens is 396 g/mol. The number of benzene rings is 2. The topological polar surface area (TPSA) is 84.9 Å². The van der Waals surface area contributed by atoms with Gasteiger partial charge in [-0.1, -0.05) is 12.1 Å². The van der Waals surface area contributed by atoms with Gasteiger partial charge in [-0.15, -0.1) is 12.4 Å². The smallest absolute Gasteiger partial charge is 0.355 e. The summed E-state index contributed by atoms with van der Waals surface area (Å²) in [5.41, 5.74) is 8.68. The Morgan fingerprint density at radius 2 is 1.59 bits per heavy atom. The zero-order valence-electron chi connectivity index (χ0n) is 16.9. The van der Waals surface area contributed by atoms with Crippen LogP contribution in [0.4, 0.5) is 0 Å². The first kappa shape index (κ1) is 22.4. The standard InChI is InChI=1S/C21H24N2O5.ClH/c1-25-14-7-5-13(6-8-14)19-15-11-17(26-2)18(27-3)12-16(15)23(10-9-22)20(19)21(24)28-4;/h5-8,11-12H,9-10,22H2,1-4H3;1H. The van der Waals surface area contributed by atoms with E-state index in [-0.39, 0.29) is 12.4 Å². The minimum Gasteiger partial charge on any atom is -0.497 e. The molecule has 8 heteroatoms. The van der Waals surface area contributed by atoms with Crippen LogP contribution in [-0.4, -0.2) is 45.5 Å². The molecule has 1 aromatic heterocycles. The van der Waals surface area contributed by atoms with Crippen molar-refractivity contribution in [1.82, 2.24) is 4.57 Å². The summed E-state index contributed by atoms with van der Waals surface area (Å²) < 4.78 is 23.1. The number of aromatic nitrogens is 1. The molecule has 0 bridgehead atoms. The van der Waals surface area contributed by atoms with Gasteiger partial charge in [0.2, 0.25) is 0 Å². The van der Waals surface area contributed by atoms with Gasteiger partial charge in [-0.3, -0.25) is 0 Å². The largest absolute Gasteiger partial charge is 0.497 e. The highest BCUT2D eigenvalue weighted by atomic mass is 35.5. The van der Waals surface area contributed by atoms with Gasteiger partial charge >= 0.3 is 5.97 Å². The number of esters is 1. The highest BCUT2D eigenvalue weighted by Gasteiger charge is 2.26. The summed E-state index contributed by atoms with van der Waals surface area (Å²) in [7, 11) is 6.13. The molecule has 0 saturated heterocycles. The predicted octanol–water partition coefficient (Wildman–Crippen LogP) is 3.50. The summed E-state index contributed by atoms with van der Waals surface area (Å²) in [6, 6.07) is 11.2. The van der Waals surface area contributed by atoms with Crippen molar-refractivity contribution in [1.29, 1.82) is 0 Å². The molecule has 0 radical (unpaired) electrons. The number of nitrogens with zero attached hydrogens (tertiary/aromatic N) is 1. The number of halogens is 1. The van der Waals surface area contributed by atoms with Crippen LogP contribution >= 0.6 is 12.4 Å². The van der Waals surface area contributed by atoms with Crippen molar-refractivity contribution in [2.24, 2.45) is 5.73 Å². The van der Waals surface area contributed by atoms with Crippen LogP contribution in [-0.2, 0) is 11.3 Å². The number of methoxy groups -OCH3 is 4. The lowest BCUT2D eigenvalue weighted by Crippen LogP contribution is -2.16. The van der Waals surface area contributed by atoms with E-state index in [0.717, 1.165) is 27.8 Å². The van der Waals surface area contributed by atoms with Crippen molar-refractivity contribution < 1.29 is 23.7 Å². The third-order valence-electron chi connectivity index (χ3n) is 4.68. The second kappa shape index (κ2) is 9.54. The Kier molecular flexibility index (Phi) is 7.36. The Bertz CT molecular complexity index is 999. The van der Waals surface area contributed by atoms with Crippen LogP contribution in [0.1, 0.15) is 10.5 Å². The zero-order chi connectivity index (χ0) is 20.3. The van der Waals surface area contributed by atoms with E-state index >= 15 is 0 Å². The van der Waals surface area contributed by atoms with Gasteiger partial charge in [0, 0.05) is 30.1 Å². The third kappa shape index (κ3) is 3.97. The van der Waals surface area contributed by atoms with E-state index in [0.29, 0.717) is 30.3 Å². The number of carbonyl (C=O) groups excluding carboxylic acids is 1. The van der Waals surface area contributed by atoms with Gasteiger partial charge < -0.3 is 29.2 Å². The summed E-state index contributed by atoms with van der Waals surface area (Å²) in [6.45, 7) is 0.816. The molecule has 29 heavy (non-hydrogen) atoms. The zero-order valence-corrected chi connectivity index (χ0v) is 17.7. The SMILES string of the molecule is COC(=O)c1c(-c2ccc(OC)cc2)c2cc(OC)c(OC)cc2n1CCN.Cl. The predicted molar refractivity (Wildman–Crippen MR) is 115 cm³/mol. The molecule has 0 aliphatic heterocycles. The van der Waals surface area contributed by atoms with E-state index in [4.69, 9.17) is 24.7 Å². The van der Waals surface area contributed by atoms with Crippen molar-refractivity contribution in [3.63, 3.8) is 0 Å². The molecule has 0 atom stereocenters. The van der Waals surface area contributed by atoms with E-state index in [2.05, 4.69) is 0 Å². The van der Waals surface area contributed by atoms with Crippen molar-refractivity contribution >= 4 is 29.3 Å². The van der Waals surface area contributed by atoms with Gasteiger partial charge in [0.25, 0.3) is 0 Å². The van der Waals surface area contributed by atoms with Crippen LogP contribution in [0.5, 0.6) is 17.2 Å². The van der Waals surface area contributed by atoms with E-state index in [9.17, 15) is 4.79 Å². The maximum absolute atomic E-state index is 12.7. The van der Waals surface area contributed by atoms with Crippen LogP contribution in [0.2, 0.25) is 0 Å². The van der Waals surface area contributed by atoms with Gasteiger partial charge in [0.05, 0.1) is 34.0 Å². The van der Waals surface area contributed by atoms with E-state index in [1.165, 1.54) is 7.11 Å². The van der Waals surface area contributed by atoms with E-state index in [1.807, 2.05) is 41.0 Å². The summed E-state index contributed by atoms with van der Waals surface area (Å²) >= 11 is 0. The molecule has 0 unspecified atom stereocenters. The normalized spacial score (nSPS) is 10.4. The lowest BCUT2D eigenvalue weighted by Gasteiger charge is -2.10. The molecule has 0 saturated carbocycles. The Morgan fingerprint density at radius 1 is 0.966 bits per heavy atom. The fourth-order valence-electron chi connectivity index (χ4n) is 3.39. The van der Waals surface area contributed by atoms with Gasteiger partial charge in [-0.25, -0.2) is 4.79 Å². The first-order chi connectivity index (χ1) is 13.6. The highest BCUT2D eigenvalue weighted by molar-refractivity contribution is 6.09. The van der Waals surface area contributed by atoms with Crippen LogP contribution < -0.4 is 19.9 Å². The Balaban J connectivity index is 0.00000300. The van der Waals surface area contributed by atoms with Crippen molar-refractivity contribution in [2.45, 2.75) is 6.54 Å². The molecule has 156 valence electrons. The number of ether oxygens (including phenoxy) is 4. The second-order valence-corrected chi connectivity index (χ2v) is 6.11. The van der Waals surface area contributed by atoms with E-state index in [1.54, 1.807) is 21.3 Å². The Hall–Kier alpha value is -2.90. The fraction of sp³-hybridized carbons (Fsp3) is 0.286. The number of nitrogens with two attached hydrogens (primary N) is 1. The van der Waals surface area contributed by atoms with Gasteiger partial charge in [-0.2, -0.15) is 0 Å². The van der Waals surface area contributed by atoms with Crippen molar-refractivity contribution in [3.8, 4) is 28.4 Å². The first-order valence-electron chi connectivity index (χ1n) is 8.80. The van der Waals surface area contributed by atoms with Gasteiger partial charge in [-0.05, 0) is 23.8 Å². The number of hydrogen-bond donors (Lipinski definition) is 1. The van der Waals surface area contributed by atoms with Gasteiger partial charge in [0.15, 0.2) is 11.5 Å². The first-order valence-corrected chi connectivity index (χ1v) is 8.80. The molecule has 1 heterocycles. The Labute approximate surface area is 175 Å². The lowest BCUT2D eigenvalue weighted by atomic mass is 10.0. The van der Waals surface area contributed by atoms with Crippen LogP contribution in [0.15, 0.2) is 36.4 Å². The molecule has 3 aromatic rings. The quantitative estimate of drug-likeness (QED) is 0.589. The minimum absolute atomic E-state index is 0. The number of carbonyl (C=O) groups is 1. The highest BCUT2D eigenvalue weighted by Crippen LogP contribution is 2.41. The Morgan fingerprint density at radius 3 is 2.10 bits per heavy atom. The minimum atomic E-state index is -0.437. The van der Waals surface area contributed by atoms with Gasteiger partial charge in [0.1, 0.15) is 11.4 Å². The maximum atomic E-state index is 12.7. The molecule has 0 aliphatic rings. The molecule has 2 N–H and O–H groups in total. The average Bonchev–Trinajstić information content (AvgIpc) is 3.05. The molecule has 0 amide bonds. The number of rotatable bonds is 7. The monoisotopic (exact) mass is 420 g/mol. The fourth-order valence-corrected chi connectivity index (χ4v) is 3.39. The molecule has 0 aliphatic carbocycles. The third-order valence-corrected chi connectivity index (χ3v) is 4.68. The van der Waals surface area contributed by atoms with Crippen LogP contribution in [0.3, 0.4) is 0 Å². The van der Waals surface area contributed by atoms with E-state index < -0.39 is 5.97 Å². The molecule has 3 rings (SSSR count). The van der Waals surface area contributed by atoms with Crippen LogP contribution in [0.25, 0.3) is 22.0 Å². The summed E-state index contributed by atoms with van der Waals surface area (Å²) in [5.74, 6) is 1.44. The summed E-state index contributed by atoms with van der Waals surface area (Å²) in [4.78, 5) is 12.7. The average molecular weight is 421 g/mol. The molecule has 7 nitrogen and oxygen atoms in total. The second-order valence-electron chi connectivity index (χ2n) is 6.11. The van der Waals surface area contributed by atoms with Crippen LogP contribution in [0, 0.1) is 0 Å². The summed E-state index contributed by atoms with van der Waals surface area (Å²) in [6.07, 6.45) is 0. The molecule has 0 fully saturated rings. The summed E-state index contributed by atoms with van der Waals surface area (Å²) in [5, 5.41) is 0.844. The molecule has 0 spiro atoms. The number of fused-ring (bicyclic) bond motifs is 1. The number of hydrogen-bond acceptors (Lipinski definition) is 6. The van der Waals surface area contributed by atoms with Crippen molar-refractivity contribution in [3.05, 3.63) is 42.1 Å². The maximum Gasteiger partial charge on any atom is 0.355 e.